The van der Waals surface area contributed by atoms with Crippen molar-refractivity contribution in [2.45, 2.75) is 25.4 Å². The van der Waals surface area contributed by atoms with Gasteiger partial charge in [0.25, 0.3) is 17.7 Å². The van der Waals surface area contributed by atoms with Gasteiger partial charge in [0.15, 0.2) is 11.5 Å². The molecule has 5 rings (SSSR count). The number of hydrogen-bond acceptors (Lipinski definition) is 6. The van der Waals surface area contributed by atoms with E-state index < -0.39 is 11.8 Å². The summed E-state index contributed by atoms with van der Waals surface area (Å²) in [7, 11) is 0. The molecule has 0 saturated carbocycles. The molecule has 2 aromatic carbocycles. The molecule has 3 aliphatic heterocycles. The summed E-state index contributed by atoms with van der Waals surface area (Å²) in [4.78, 5) is 39.6. The van der Waals surface area contributed by atoms with Crippen LogP contribution >= 0.6 is 11.6 Å². The third-order valence-electron chi connectivity index (χ3n) is 5.73. The third-order valence-corrected chi connectivity index (χ3v) is 6.04. The van der Waals surface area contributed by atoms with Crippen molar-refractivity contribution < 1.29 is 28.6 Å². The zero-order chi connectivity index (χ0) is 22.2. The van der Waals surface area contributed by atoms with Gasteiger partial charge in [0, 0.05) is 30.7 Å². The number of imide groups is 1. The lowest BCUT2D eigenvalue weighted by molar-refractivity contribution is 0.0475. The lowest BCUT2D eigenvalue weighted by Gasteiger charge is -2.17. The van der Waals surface area contributed by atoms with Crippen LogP contribution in [0.1, 0.15) is 50.3 Å². The molecule has 8 nitrogen and oxygen atoms in total. The van der Waals surface area contributed by atoms with Gasteiger partial charge in [-0.25, -0.2) is 0 Å². The first-order valence-electron chi connectivity index (χ1n) is 10.5. The molecule has 3 aliphatic rings. The minimum absolute atomic E-state index is 0.137. The van der Waals surface area contributed by atoms with E-state index in [4.69, 9.17) is 25.8 Å². The van der Waals surface area contributed by atoms with E-state index in [9.17, 15) is 14.4 Å². The number of halogens is 1. The Balaban J connectivity index is 1.35. The van der Waals surface area contributed by atoms with Crippen LogP contribution in [0, 0.1) is 0 Å². The largest absolute Gasteiger partial charge is 0.490 e. The number of carbonyl (C=O) groups is 3. The minimum Gasteiger partial charge on any atom is -0.490 e. The summed E-state index contributed by atoms with van der Waals surface area (Å²) in [6.45, 7) is 1.90. The number of carbonyl (C=O) groups excluding carboxylic acids is 3. The number of nitrogens with zero attached hydrogens (tertiary/aromatic N) is 1. The van der Waals surface area contributed by atoms with Gasteiger partial charge in [0.05, 0.1) is 47.7 Å². The van der Waals surface area contributed by atoms with Crippen LogP contribution in [0.15, 0.2) is 30.3 Å². The fraction of sp³-hybridized carbons (Fsp3) is 0.348. The van der Waals surface area contributed by atoms with Crippen LogP contribution in [0.2, 0.25) is 5.02 Å². The number of rotatable bonds is 4. The first-order chi connectivity index (χ1) is 15.5. The predicted octanol–water partition coefficient (Wildman–Crippen LogP) is 3.53. The van der Waals surface area contributed by atoms with E-state index in [2.05, 4.69) is 5.32 Å². The van der Waals surface area contributed by atoms with Crippen LogP contribution in [-0.2, 0) is 4.74 Å². The maximum absolute atomic E-state index is 12.9. The first-order valence-corrected chi connectivity index (χ1v) is 10.9. The Bertz CT molecular complexity index is 1110. The number of hydrogen-bond donors (Lipinski definition) is 1. The molecule has 3 amide bonds. The average molecular weight is 457 g/mol. The SMILES string of the molecule is O=C(Nc1cc2c(cc1Cl)OCCCO2)c1ccc2c(c1)C(=O)N(CC1CCCO1)C2=O. The highest BCUT2D eigenvalue weighted by atomic mass is 35.5. The van der Waals surface area contributed by atoms with E-state index in [1.54, 1.807) is 12.1 Å². The zero-order valence-electron chi connectivity index (χ0n) is 17.2. The fourth-order valence-corrected chi connectivity index (χ4v) is 4.26. The van der Waals surface area contributed by atoms with Crippen molar-refractivity contribution in [3.8, 4) is 11.5 Å². The van der Waals surface area contributed by atoms with Crippen molar-refractivity contribution in [1.82, 2.24) is 4.90 Å². The fourth-order valence-electron chi connectivity index (χ4n) is 4.06. The van der Waals surface area contributed by atoms with E-state index in [0.717, 1.165) is 19.3 Å². The molecule has 166 valence electrons. The van der Waals surface area contributed by atoms with Gasteiger partial charge in [-0.15, -0.1) is 0 Å². The van der Waals surface area contributed by atoms with Crippen molar-refractivity contribution in [2.75, 3.05) is 31.7 Å². The Kier molecular flexibility index (Phi) is 5.48. The van der Waals surface area contributed by atoms with Gasteiger partial charge in [-0.3, -0.25) is 19.3 Å². The van der Waals surface area contributed by atoms with Gasteiger partial charge in [0.1, 0.15) is 0 Å². The van der Waals surface area contributed by atoms with Crippen LogP contribution in [-0.4, -0.2) is 55.1 Å². The van der Waals surface area contributed by atoms with Crippen molar-refractivity contribution in [1.29, 1.82) is 0 Å². The van der Waals surface area contributed by atoms with E-state index in [1.807, 2.05) is 0 Å². The van der Waals surface area contributed by atoms with E-state index in [-0.39, 0.29) is 35.2 Å². The maximum atomic E-state index is 12.9. The molecular formula is C23H21ClN2O6. The average Bonchev–Trinajstić information content (AvgIpc) is 3.30. The van der Waals surface area contributed by atoms with Gasteiger partial charge in [-0.2, -0.15) is 0 Å². The van der Waals surface area contributed by atoms with E-state index in [0.29, 0.717) is 42.0 Å². The van der Waals surface area contributed by atoms with Gasteiger partial charge >= 0.3 is 0 Å². The number of nitrogens with one attached hydrogen (secondary N) is 1. The quantitative estimate of drug-likeness (QED) is 0.707. The summed E-state index contributed by atoms with van der Waals surface area (Å²) < 4.78 is 16.8. The van der Waals surface area contributed by atoms with Crippen molar-refractivity contribution in [3.05, 3.63) is 52.0 Å². The third kappa shape index (κ3) is 3.80. The molecule has 2 aromatic rings. The number of anilines is 1. The minimum atomic E-state index is -0.456. The summed E-state index contributed by atoms with van der Waals surface area (Å²) in [5, 5.41) is 3.05. The first kappa shape index (κ1) is 20.8. The number of ether oxygens (including phenoxy) is 3. The monoisotopic (exact) mass is 456 g/mol. The molecule has 0 spiro atoms. The molecular weight excluding hydrogens is 436 g/mol. The predicted molar refractivity (Wildman–Crippen MR) is 116 cm³/mol. The normalized spacial score (nSPS) is 19.7. The Morgan fingerprint density at radius 2 is 1.75 bits per heavy atom. The van der Waals surface area contributed by atoms with Crippen molar-refractivity contribution >= 4 is 35.0 Å². The smallest absolute Gasteiger partial charge is 0.261 e. The second-order valence-corrected chi connectivity index (χ2v) is 8.31. The maximum Gasteiger partial charge on any atom is 0.261 e. The highest BCUT2D eigenvalue weighted by Crippen LogP contribution is 2.38. The Morgan fingerprint density at radius 3 is 2.50 bits per heavy atom. The Labute approximate surface area is 189 Å². The Morgan fingerprint density at radius 1 is 1.00 bits per heavy atom. The van der Waals surface area contributed by atoms with E-state index in [1.165, 1.54) is 23.1 Å². The molecule has 3 heterocycles. The Hall–Kier alpha value is -3.10. The highest BCUT2D eigenvalue weighted by molar-refractivity contribution is 6.34. The molecule has 0 aliphatic carbocycles. The van der Waals surface area contributed by atoms with Crippen molar-refractivity contribution in [2.24, 2.45) is 0 Å². The number of fused-ring (bicyclic) bond motifs is 2. The standard InChI is InChI=1S/C23H21ClN2O6/c24-17-10-19-20(32-8-2-7-31-19)11-18(17)25-21(27)13-4-5-15-16(9-13)23(29)26(22(15)28)12-14-3-1-6-30-14/h4-5,9-11,14H,1-3,6-8,12H2,(H,25,27). The topological polar surface area (TPSA) is 94.2 Å². The molecule has 0 bridgehead atoms. The van der Waals surface area contributed by atoms with Gasteiger partial charge in [-0.1, -0.05) is 11.6 Å². The van der Waals surface area contributed by atoms with Gasteiger partial charge in [-0.05, 0) is 31.0 Å². The highest BCUT2D eigenvalue weighted by Gasteiger charge is 2.38. The molecule has 1 fully saturated rings. The molecule has 1 unspecified atom stereocenters. The summed E-state index contributed by atoms with van der Waals surface area (Å²) in [5.74, 6) is -0.204. The summed E-state index contributed by atoms with van der Waals surface area (Å²) in [5.41, 5.74) is 1.11. The second-order valence-electron chi connectivity index (χ2n) is 7.90. The molecule has 32 heavy (non-hydrogen) atoms. The van der Waals surface area contributed by atoms with Crippen LogP contribution in [0.25, 0.3) is 0 Å². The summed E-state index contributed by atoms with van der Waals surface area (Å²) >= 11 is 6.31. The van der Waals surface area contributed by atoms with Crippen LogP contribution in [0.5, 0.6) is 11.5 Å². The summed E-state index contributed by atoms with van der Waals surface area (Å²) in [6.07, 6.45) is 2.35. The number of amides is 3. The van der Waals surface area contributed by atoms with E-state index >= 15 is 0 Å². The lowest BCUT2D eigenvalue weighted by Crippen LogP contribution is -2.36. The molecule has 1 saturated heterocycles. The van der Waals surface area contributed by atoms with Crippen molar-refractivity contribution in [3.63, 3.8) is 0 Å². The lowest BCUT2D eigenvalue weighted by atomic mass is 10.1. The van der Waals surface area contributed by atoms with Crippen LogP contribution in [0.3, 0.4) is 0 Å². The van der Waals surface area contributed by atoms with Gasteiger partial charge in [0.2, 0.25) is 0 Å². The van der Waals surface area contributed by atoms with Crippen LogP contribution in [0.4, 0.5) is 5.69 Å². The zero-order valence-corrected chi connectivity index (χ0v) is 17.9. The molecule has 0 radical (unpaired) electrons. The molecule has 9 heteroatoms. The molecule has 1 N–H and O–H groups in total. The van der Waals surface area contributed by atoms with Gasteiger partial charge < -0.3 is 19.5 Å². The molecule has 0 aromatic heterocycles. The number of benzene rings is 2. The summed E-state index contributed by atoms with van der Waals surface area (Å²) in [6, 6.07) is 7.69. The van der Waals surface area contributed by atoms with Crippen LogP contribution < -0.4 is 14.8 Å². The molecule has 1 atom stereocenters. The second kappa shape index (κ2) is 8.44.